The van der Waals surface area contributed by atoms with Gasteiger partial charge in [0.25, 0.3) is 0 Å². The summed E-state index contributed by atoms with van der Waals surface area (Å²) in [6.07, 6.45) is 0. The summed E-state index contributed by atoms with van der Waals surface area (Å²) in [6, 6.07) is 28.8. The van der Waals surface area contributed by atoms with Crippen LogP contribution in [0.1, 0.15) is 26.6 Å². The second-order valence-corrected chi connectivity index (χ2v) is 7.87. The van der Waals surface area contributed by atoms with Crippen molar-refractivity contribution in [3.8, 4) is 33.9 Å². The van der Waals surface area contributed by atoms with Crippen molar-refractivity contribution in [3.63, 3.8) is 0 Å². The molecule has 0 spiro atoms. The molecule has 3 heteroatoms. The highest BCUT2D eigenvalue weighted by Crippen LogP contribution is 2.27. The monoisotopic (exact) mass is 365 g/mol. The van der Waals surface area contributed by atoms with E-state index in [1.165, 1.54) is 11.1 Å². The maximum Gasteiger partial charge on any atom is 0.163 e. The van der Waals surface area contributed by atoms with E-state index in [0.29, 0.717) is 11.6 Å². The van der Waals surface area contributed by atoms with Gasteiger partial charge in [-0.25, -0.2) is 15.0 Å². The summed E-state index contributed by atoms with van der Waals surface area (Å²) in [6.45, 7) is 6.37. The van der Waals surface area contributed by atoms with E-state index >= 15 is 0 Å². The van der Waals surface area contributed by atoms with Crippen molar-refractivity contribution >= 4 is 0 Å². The van der Waals surface area contributed by atoms with Crippen molar-refractivity contribution in [2.45, 2.75) is 26.2 Å². The van der Waals surface area contributed by atoms with Crippen LogP contribution >= 0.6 is 0 Å². The van der Waals surface area contributed by atoms with Crippen molar-refractivity contribution in [2.24, 2.45) is 0 Å². The minimum Gasteiger partial charge on any atom is -0.212 e. The fraction of sp³-hybridized carbons (Fsp3) is 0.160. The molecule has 0 aliphatic carbocycles. The van der Waals surface area contributed by atoms with Crippen LogP contribution < -0.4 is 0 Å². The molecule has 0 unspecified atom stereocenters. The van der Waals surface area contributed by atoms with E-state index in [9.17, 15) is 0 Å². The molecular weight excluding hydrogens is 342 g/mol. The van der Waals surface area contributed by atoms with E-state index in [1.807, 2.05) is 36.4 Å². The molecule has 28 heavy (non-hydrogen) atoms. The van der Waals surface area contributed by atoms with Gasteiger partial charge in [0.15, 0.2) is 11.6 Å². The maximum atomic E-state index is 4.78. The van der Waals surface area contributed by atoms with Crippen LogP contribution in [0.15, 0.2) is 84.9 Å². The Hall–Kier alpha value is -3.33. The molecule has 3 nitrogen and oxygen atoms in total. The molecule has 0 radical (unpaired) electrons. The summed E-state index contributed by atoms with van der Waals surface area (Å²) in [5.74, 6) is 2.21. The SMILES string of the molecule is CC(C)(C)c1nc(-c2ccccc2)nc(-c2ccc(-c3ccccc3)cc2)n1. The predicted octanol–water partition coefficient (Wildman–Crippen LogP) is 6.17. The molecule has 138 valence electrons. The van der Waals surface area contributed by atoms with Gasteiger partial charge in [-0.1, -0.05) is 106 Å². The van der Waals surface area contributed by atoms with Crippen molar-refractivity contribution < 1.29 is 0 Å². The number of benzene rings is 3. The van der Waals surface area contributed by atoms with Crippen LogP contribution in [0.3, 0.4) is 0 Å². The second-order valence-electron chi connectivity index (χ2n) is 7.87. The Morgan fingerprint density at radius 2 is 0.857 bits per heavy atom. The number of hydrogen-bond donors (Lipinski definition) is 0. The summed E-state index contributed by atoms with van der Waals surface area (Å²) in [7, 11) is 0. The highest BCUT2D eigenvalue weighted by atomic mass is 15.0. The van der Waals surface area contributed by atoms with Crippen LogP contribution in [-0.2, 0) is 5.41 Å². The molecule has 0 saturated heterocycles. The normalized spacial score (nSPS) is 11.4. The van der Waals surface area contributed by atoms with E-state index in [0.717, 1.165) is 17.0 Å². The molecule has 0 amide bonds. The van der Waals surface area contributed by atoms with Crippen LogP contribution in [0.5, 0.6) is 0 Å². The van der Waals surface area contributed by atoms with Gasteiger partial charge in [0, 0.05) is 16.5 Å². The lowest BCUT2D eigenvalue weighted by Crippen LogP contribution is -2.18. The lowest BCUT2D eigenvalue weighted by atomic mass is 9.95. The summed E-state index contributed by atoms with van der Waals surface area (Å²) >= 11 is 0. The van der Waals surface area contributed by atoms with Gasteiger partial charge < -0.3 is 0 Å². The van der Waals surface area contributed by atoms with E-state index in [2.05, 4.69) is 69.3 Å². The van der Waals surface area contributed by atoms with Crippen molar-refractivity contribution in [1.82, 2.24) is 15.0 Å². The van der Waals surface area contributed by atoms with Crippen LogP contribution in [0.4, 0.5) is 0 Å². The lowest BCUT2D eigenvalue weighted by molar-refractivity contribution is 0.543. The highest BCUT2D eigenvalue weighted by molar-refractivity contribution is 5.68. The summed E-state index contributed by atoms with van der Waals surface area (Å²) in [4.78, 5) is 14.3. The molecule has 0 fully saturated rings. The average Bonchev–Trinajstić information content (AvgIpc) is 2.74. The third-order valence-corrected chi connectivity index (χ3v) is 4.59. The van der Waals surface area contributed by atoms with Crippen LogP contribution in [0.2, 0.25) is 0 Å². The number of rotatable bonds is 3. The summed E-state index contributed by atoms with van der Waals surface area (Å²) in [5, 5.41) is 0. The van der Waals surface area contributed by atoms with Crippen LogP contribution in [0.25, 0.3) is 33.9 Å². The van der Waals surface area contributed by atoms with Gasteiger partial charge in [-0.05, 0) is 11.1 Å². The van der Waals surface area contributed by atoms with Crippen LogP contribution in [-0.4, -0.2) is 15.0 Å². The van der Waals surface area contributed by atoms with Gasteiger partial charge in [0.1, 0.15) is 5.82 Å². The number of hydrogen-bond acceptors (Lipinski definition) is 3. The Balaban J connectivity index is 1.78. The third kappa shape index (κ3) is 3.84. The zero-order chi connectivity index (χ0) is 19.6. The zero-order valence-corrected chi connectivity index (χ0v) is 16.4. The third-order valence-electron chi connectivity index (χ3n) is 4.59. The molecule has 3 aromatic carbocycles. The molecule has 0 atom stereocenters. The first-order chi connectivity index (χ1) is 13.5. The van der Waals surface area contributed by atoms with Gasteiger partial charge in [-0.15, -0.1) is 0 Å². The number of aromatic nitrogens is 3. The van der Waals surface area contributed by atoms with Crippen LogP contribution in [0, 0.1) is 0 Å². The fourth-order valence-electron chi connectivity index (χ4n) is 3.00. The second kappa shape index (κ2) is 7.35. The maximum absolute atomic E-state index is 4.78. The summed E-state index contributed by atoms with van der Waals surface area (Å²) < 4.78 is 0. The van der Waals surface area contributed by atoms with Gasteiger partial charge in [0.05, 0.1) is 0 Å². The first kappa shape index (κ1) is 18.1. The number of nitrogens with zero attached hydrogens (tertiary/aromatic N) is 3. The standard InChI is InChI=1S/C25H23N3/c1-25(2,3)24-27-22(20-12-8-5-9-13-20)26-23(28-24)21-16-14-19(15-17-21)18-10-6-4-7-11-18/h4-17H,1-3H3. The highest BCUT2D eigenvalue weighted by Gasteiger charge is 2.21. The van der Waals surface area contributed by atoms with E-state index < -0.39 is 0 Å². The molecule has 0 bridgehead atoms. The first-order valence-electron chi connectivity index (χ1n) is 9.48. The molecule has 0 N–H and O–H groups in total. The predicted molar refractivity (Wildman–Crippen MR) is 115 cm³/mol. The molecule has 1 heterocycles. The molecule has 0 saturated carbocycles. The minimum absolute atomic E-state index is 0.162. The Labute approximate surface area is 166 Å². The molecule has 4 rings (SSSR count). The van der Waals surface area contributed by atoms with Crippen molar-refractivity contribution in [1.29, 1.82) is 0 Å². The van der Waals surface area contributed by atoms with Gasteiger partial charge in [0.2, 0.25) is 0 Å². The Bertz CT molecular complexity index is 1060. The van der Waals surface area contributed by atoms with Crippen molar-refractivity contribution in [2.75, 3.05) is 0 Å². The van der Waals surface area contributed by atoms with E-state index in [1.54, 1.807) is 0 Å². The Morgan fingerprint density at radius 3 is 1.36 bits per heavy atom. The topological polar surface area (TPSA) is 38.7 Å². The van der Waals surface area contributed by atoms with E-state index in [4.69, 9.17) is 15.0 Å². The van der Waals surface area contributed by atoms with Gasteiger partial charge >= 0.3 is 0 Å². The molecular formula is C25H23N3. The quantitative estimate of drug-likeness (QED) is 0.436. The van der Waals surface area contributed by atoms with E-state index in [-0.39, 0.29) is 5.41 Å². The molecule has 0 aliphatic heterocycles. The summed E-state index contributed by atoms with van der Waals surface area (Å²) in [5.41, 5.74) is 4.20. The average molecular weight is 365 g/mol. The minimum atomic E-state index is -0.162. The molecule has 1 aromatic heterocycles. The smallest absolute Gasteiger partial charge is 0.163 e. The molecule has 0 aliphatic rings. The zero-order valence-electron chi connectivity index (χ0n) is 16.4. The fourth-order valence-corrected chi connectivity index (χ4v) is 3.00. The van der Waals surface area contributed by atoms with Gasteiger partial charge in [-0.2, -0.15) is 0 Å². The lowest BCUT2D eigenvalue weighted by Gasteiger charge is -2.18. The van der Waals surface area contributed by atoms with Crippen molar-refractivity contribution in [3.05, 3.63) is 90.8 Å². The first-order valence-corrected chi connectivity index (χ1v) is 9.48. The molecule has 4 aromatic rings. The Morgan fingerprint density at radius 1 is 0.464 bits per heavy atom. The van der Waals surface area contributed by atoms with Gasteiger partial charge in [-0.3, -0.25) is 0 Å². The largest absolute Gasteiger partial charge is 0.212 e. The Kier molecular flexibility index (Phi) is 4.74.